The van der Waals surface area contributed by atoms with Crippen LogP contribution in [0.2, 0.25) is 0 Å². The monoisotopic (exact) mass is 348 g/mol. The van der Waals surface area contributed by atoms with Gasteiger partial charge in [-0.2, -0.15) is 13.2 Å². The molecule has 3 rings (SSSR count). The molecule has 24 heavy (non-hydrogen) atoms. The van der Waals surface area contributed by atoms with E-state index in [1.54, 1.807) is 0 Å². The minimum absolute atomic E-state index is 0.0155. The standard InChI is InChI=1S/C14H13F5N4O/c15-13(16)3-4-24-8-10(13)6-23-7-12(21-22-23)11-2-1-9(5-20-11)14(17,18)19/h1-2,5,7,10H,3-4,6,8H2. The van der Waals surface area contributed by atoms with E-state index in [9.17, 15) is 22.0 Å². The second kappa shape index (κ2) is 6.08. The van der Waals surface area contributed by atoms with E-state index in [1.165, 1.54) is 10.9 Å². The van der Waals surface area contributed by atoms with E-state index in [1.807, 2.05) is 0 Å². The van der Waals surface area contributed by atoms with Crippen molar-refractivity contribution in [2.45, 2.75) is 25.1 Å². The summed E-state index contributed by atoms with van der Waals surface area (Å²) in [6.07, 6.45) is -2.76. The summed E-state index contributed by atoms with van der Waals surface area (Å²) < 4.78 is 71.4. The van der Waals surface area contributed by atoms with E-state index >= 15 is 0 Å². The van der Waals surface area contributed by atoms with Crippen LogP contribution in [-0.2, 0) is 17.5 Å². The molecule has 0 saturated carbocycles. The third kappa shape index (κ3) is 3.53. The summed E-state index contributed by atoms with van der Waals surface area (Å²) in [6, 6.07) is 2.04. The number of pyridine rings is 1. The first kappa shape index (κ1) is 16.7. The van der Waals surface area contributed by atoms with Gasteiger partial charge in [0.2, 0.25) is 0 Å². The number of hydrogen-bond donors (Lipinski definition) is 0. The molecule has 0 aliphatic carbocycles. The molecule has 5 nitrogen and oxygen atoms in total. The predicted molar refractivity (Wildman–Crippen MR) is 72.1 cm³/mol. The van der Waals surface area contributed by atoms with Crippen LogP contribution in [-0.4, -0.2) is 39.1 Å². The van der Waals surface area contributed by atoms with Gasteiger partial charge in [0.25, 0.3) is 5.92 Å². The van der Waals surface area contributed by atoms with Crippen LogP contribution < -0.4 is 0 Å². The summed E-state index contributed by atoms with van der Waals surface area (Å²) in [5, 5.41) is 7.51. The van der Waals surface area contributed by atoms with Crippen molar-refractivity contribution in [2.75, 3.05) is 13.2 Å². The number of rotatable bonds is 3. The number of hydrogen-bond acceptors (Lipinski definition) is 4. The quantitative estimate of drug-likeness (QED) is 0.800. The molecule has 130 valence electrons. The van der Waals surface area contributed by atoms with Crippen molar-refractivity contribution >= 4 is 0 Å². The maximum absolute atomic E-state index is 13.8. The van der Waals surface area contributed by atoms with Gasteiger partial charge in [-0.15, -0.1) is 5.10 Å². The Bertz CT molecular complexity index is 698. The molecule has 1 saturated heterocycles. The first-order valence-corrected chi connectivity index (χ1v) is 7.15. The van der Waals surface area contributed by atoms with Gasteiger partial charge in [0, 0.05) is 12.6 Å². The fourth-order valence-electron chi connectivity index (χ4n) is 2.39. The molecule has 0 spiro atoms. The Morgan fingerprint density at radius 2 is 2.04 bits per heavy atom. The third-order valence-electron chi connectivity index (χ3n) is 3.80. The highest BCUT2D eigenvalue weighted by atomic mass is 19.4. The summed E-state index contributed by atoms with van der Waals surface area (Å²) in [6.45, 7) is -0.164. The SMILES string of the molecule is FC(F)(F)c1ccc(-c2cn(CC3COCCC3(F)F)nn2)nc1. The van der Waals surface area contributed by atoms with Crippen LogP contribution in [0.25, 0.3) is 11.4 Å². The van der Waals surface area contributed by atoms with Crippen LogP contribution in [0.15, 0.2) is 24.5 Å². The molecule has 1 aliphatic heterocycles. The van der Waals surface area contributed by atoms with Gasteiger partial charge in [-0.25, -0.2) is 8.78 Å². The van der Waals surface area contributed by atoms with Crippen molar-refractivity contribution in [3.63, 3.8) is 0 Å². The van der Waals surface area contributed by atoms with Crippen LogP contribution >= 0.6 is 0 Å². The highest BCUT2D eigenvalue weighted by Crippen LogP contribution is 2.33. The molecule has 0 amide bonds. The molecule has 3 heterocycles. The fourth-order valence-corrected chi connectivity index (χ4v) is 2.39. The summed E-state index contributed by atoms with van der Waals surface area (Å²) in [5.41, 5.74) is -0.484. The molecule has 2 aromatic heterocycles. The Morgan fingerprint density at radius 1 is 1.25 bits per heavy atom. The largest absolute Gasteiger partial charge is 0.417 e. The van der Waals surface area contributed by atoms with Crippen LogP contribution in [0.3, 0.4) is 0 Å². The van der Waals surface area contributed by atoms with E-state index in [0.29, 0.717) is 6.20 Å². The molecule has 2 aromatic rings. The van der Waals surface area contributed by atoms with Gasteiger partial charge >= 0.3 is 6.18 Å². The lowest BCUT2D eigenvalue weighted by Crippen LogP contribution is -2.40. The van der Waals surface area contributed by atoms with Gasteiger partial charge in [0.05, 0.1) is 43.1 Å². The van der Waals surface area contributed by atoms with E-state index in [-0.39, 0.29) is 37.6 Å². The van der Waals surface area contributed by atoms with Crippen molar-refractivity contribution in [1.29, 1.82) is 0 Å². The molecule has 0 N–H and O–H groups in total. The number of aromatic nitrogens is 4. The molecule has 0 bridgehead atoms. The Kier molecular flexibility index (Phi) is 4.24. The lowest BCUT2D eigenvalue weighted by Gasteiger charge is -2.30. The van der Waals surface area contributed by atoms with Crippen LogP contribution in [0.1, 0.15) is 12.0 Å². The van der Waals surface area contributed by atoms with Gasteiger partial charge in [-0.3, -0.25) is 9.67 Å². The minimum Gasteiger partial charge on any atom is -0.381 e. The van der Waals surface area contributed by atoms with Crippen molar-refractivity contribution in [3.05, 3.63) is 30.1 Å². The summed E-state index contributed by atoms with van der Waals surface area (Å²) in [7, 11) is 0. The Hall–Kier alpha value is -2.10. The highest BCUT2D eigenvalue weighted by molar-refractivity contribution is 5.52. The maximum Gasteiger partial charge on any atom is 0.417 e. The first-order valence-electron chi connectivity index (χ1n) is 7.15. The molecule has 10 heteroatoms. The van der Waals surface area contributed by atoms with E-state index < -0.39 is 23.6 Å². The summed E-state index contributed by atoms with van der Waals surface area (Å²) >= 11 is 0. The van der Waals surface area contributed by atoms with Crippen molar-refractivity contribution < 1.29 is 26.7 Å². The molecule has 1 atom stereocenters. The van der Waals surface area contributed by atoms with Gasteiger partial charge in [-0.05, 0) is 12.1 Å². The van der Waals surface area contributed by atoms with Crippen LogP contribution in [0.4, 0.5) is 22.0 Å². The lowest BCUT2D eigenvalue weighted by molar-refractivity contribution is -0.146. The second-order valence-electron chi connectivity index (χ2n) is 5.54. The average molecular weight is 348 g/mol. The van der Waals surface area contributed by atoms with Gasteiger partial charge in [0.1, 0.15) is 5.69 Å². The number of nitrogens with zero attached hydrogens (tertiary/aromatic N) is 4. The number of alkyl halides is 5. The fraction of sp³-hybridized carbons (Fsp3) is 0.500. The summed E-state index contributed by atoms with van der Waals surface area (Å²) in [4.78, 5) is 3.70. The van der Waals surface area contributed by atoms with Crippen molar-refractivity contribution in [1.82, 2.24) is 20.0 Å². The Labute approximate surface area is 133 Å². The molecular formula is C14H13F5N4O. The van der Waals surface area contributed by atoms with Crippen LogP contribution in [0.5, 0.6) is 0 Å². The Balaban J connectivity index is 1.73. The second-order valence-corrected chi connectivity index (χ2v) is 5.54. The highest BCUT2D eigenvalue weighted by Gasteiger charge is 2.42. The third-order valence-corrected chi connectivity index (χ3v) is 3.80. The number of halogens is 5. The van der Waals surface area contributed by atoms with Crippen LogP contribution in [0, 0.1) is 5.92 Å². The maximum atomic E-state index is 13.8. The molecule has 0 radical (unpaired) electrons. The average Bonchev–Trinajstić information content (AvgIpc) is 2.97. The van der Waals surface area contributed by atoms with Gasteiger partial charge in [-0.1, -0.05) is 5.21 Å². The molecule has 1 fully saturated rings. The smallest absolute Gasteiger partial charge is 0.381 e. The summed E-state index contributed by atoms with van der Waals surface area (Å²) in [5.74, 6) is -3.88. The van der Waals surface area contributed by atoms with E-state index in [0.717, 1.165) is 12.1 Å². The molecular weight excluding hydrogens is 335 g/mol. The van der Waals surface area contributed by atoms with E-state index in [2.05, 4.69) is 15.3 Å². The van der Waals surface area contributed by atoms with Gasteiger partial charge < -0.3 is 4.74 Å². The predicted octanol–water partition coefficient (Wildman–Crippen LogP) is 3.03. The topological polar surface area (TPSA) is 52.8 Å². The molecule has 1 unspecified atom stereocenters. The molecule has 1 aliphatic rings. The minimum atomic E-state index is -4.48. The zero-order valence-corrected chi connectivity index (χ0v) is 12.3. The first-order chi connectivity index (χ1) is 11.3. The lowest BCUT2D eigenvalue weighted by atomic mass is 9.97. The van der Waals surface area contributed by atoms with Crippen molar-refractivity contribution in [2.24, 2.45) is 5.92 Å². The number of ether oxygens (including phenoxy) is 1. The zero-order valence-electron chi connectivity index (χ0n) is 12.3. The Morgan fingerprint density at radius 3 is 2.67 bits per heavy atom. The normalized spacial score (nSPS) is 21.0. The van der Waals surface area contributed by atoms with Crippen molar-refractivity contribution in [3.8, 4) is 11.4 Å². The molecule has 0 aromatic carbocycles. The van der Waals surface area contributed by atoms with E-state index in [4.69, 9.17) is 4.74 Å². The zero-order chi connectivity index (χ0) is 17.4. The van der Waals surface area contributed by atoms with Gasteiger partial charge in [0.15, 0.2) is 0 Å².